The Labute approximate surface area is 145 Å². The second kappa shape index (κ2) is 6.34. The van der Waals surface area contributed by atoms with E-state index in [0.29, 0.717) is 15.9 Å². The summed E-state index contributed by atoms with van der Waals surface area (Å²) in [6, 6.07) is 9.50. The van der Waals surface area contributed by atoms with Gasteiger partial charge < -0.3 is 9.73 Å². The van der Waals surface area contributed by atoms with Gasteiger partial charge >= 0.3 is 0 Å². The molecule has 0 spiro atoms. The number of aryl methyl sites for hydroxylation is 1. The van der Waals surface area contributed by atoms with Gasteiger partial charge in [-0.2, -0.15) is 5.26 Å². The van der Waals surface area contributed by atoms with Gasteiger partial charge in [0.1, 0.15) is 28.8 Å². The van der Waals surface area contributed by atoms with Gasteiger partial charge in [-0.1, -0.05) is 0 Å². The lowest BCUT2D eigenvalue weighted by Crippen LogP contribution is -2.14. The van der Waals surface area contributed by atoms with Gasteiger partial charge in [0.05, 0.1) is 5.69 Å². The van der Waals surface area contributed by atoms with Crippen molar-refractivity contribution in [1.29, 1.82) is 5.26 Å². The van der Waals surface area contributed by atoms with Crippen LogP contribution < -0.4 is 5.32 Å². The first-order valence-electron chi connectivity index (χ1n) is 6.94. The highest BCUT2D eigenvalue weighted by atomic mass is 79.9. The minimum atomic E-state index is -0.501. The number of furan rings is 1. The fourth-order valence-electron chi connectivity index (χ4n) is 2.33. The van der Waals surface area contributed by atoms with Gasteiger partial charge in [-0.3, -0.25) is 9.36 Å². The maximum absolute atomic E-state index is 13.1. The number of benzene rings is 1. The molecule has 24 heavy (non-hydrogen) atoms. The third-order valence-corrected chi connectivity index (χ3v) is 4.08. The Hall–Kier alpha value is -2.85. The number of nitrogens with one attached hydrogen (secondary N) is 1. The first kappa shape index (κ1) is 16.0. The largest absolute Gasteiger partial charge is 0.443 e. The molecule has 0 saturated heterocycles. The summed E-state index contributed by atoms with van der Waals surface area (Å²) >= 11 is 3.19. The van der Waals surface area contributed by atoms with E-state index in [-0.39, 0.29) is 17.0 Å². The van der Waals surface area contributed by atoms with Crippen molar-refractivity contribution in [2.24, 2.45) is 0 Å². The molecule has 5 nitrogen and oxygen atoms in total. The van der Waals surface area contributed by atoms with Crippen molar-refractivity contribution in [3.63, 3.8) is 0 Å². The summed E-state index contributed by atoms with van der Waals surface area (Å²) in [7, 11) is 0. The monoisotopic (exact) mass is 387 g/mol. The molecule has 0 aliphatic carbocycles. The summed E-state index contributed by atoms with van der Waals surface area (Å²) < 4.78 is 20.8. The Morgan fingerprint density at radius 2 is 2.08 bits per heavy atom. The van der Waals surface area contributed by atoms with E-state index in [9.17, 15) is 14.4 Å². The van der Waals surface area contributed by atoms with Crippen molar-refractivity contribution in [3.05, 3.63) is 69.9 Å². The number of aromatic nitrogens is 1. The number of nitriles is 1. The molecular weight excluding hydrogens is 377 g/mol. The van der Waals surface area contributed by atoms with Crippen molar-refractivity contribution >= 4 is 27.5 Å². The normalized spacial score (nSPS) is 10.4. The van der Waals surface area contributed by atoms with E-state index < -0.39 is 11.7 Å². The van der Waals surface area contributed by atoms with Gasteiger partial charge in [-0.25, -0.2) is 4.39 Å². The Kier molecular flexibility index (Phi) is 4.23. The highest BCUT2D eigenvalue weighted by Gasteiger charge is 2.25. The zero-order valence-corrected chi connectivity index (χ0v) is 14.1. The van der Waals surface area contributed by atoms with E-state index in [1.54, 1.807) is 36.0 Å². The standard InChI is InChI=1S/C17H11BrFN3O2/c1-10-15(12(9-20)17(24-10)22-6-2-3-7-22)16(23)21-14-5-4-11(19)8-13(14)18/h2-8H,1H3,(H,21,23). The Bertz CT molecular complexity index is 955. The average Bonchev–Trinajstić information content (AvgIpc) is 3.16. The Morgan fingerprint density at radius 3 is 2.71 bits per heavy atom. The smallest absolute Gasteiger partial charge is 0.260 e. The van der Waals surface area contributed by atoms with Crippen molar-refractivity contribution in [2.75, 3.05) is 5.32 Å². The summed E-state index contributed by atoms with van der Waals surface area (Å²) in [5.41, 5.74) is 0.685. The summed E-state index contributed by atoms with van der Waals surface area (Å²) in [6.45, 7) is 1.61. The highest BCUT2D eigenvalue weighted by molar-refractivity contribution is 9.10. The number of carbonyl (C=O) groups is 1. The van der Waals surface area contributed by atoms with Crippen molar-refractivity contribution in [1.82, 2.24) is 4.57 Å². The maximum Gasteiger partial charge on any atom is 0.260 e. The van der Waals surface area contributed by atoms with Crippen LogP contribution in [0.2, 0.25) is 0 Å². The molecule has 2 heterocycles. The molecule has 3 rings (SSSR count). The third-order valence-electron chi connectivity index (χ3n) is 3.42. The van der Waals surface area contributed by atoms with Gasteiger partial charge in [0.15, 0.2) is 0 Å². The fraction of sp³-hybridized carbons (Fsp3) is 0.0588. The predicted octanol–water partition coefficient (Wildman–Crippen LogP) is 4.40. The van der Waals surface area contributed by atoms with Crippen LogP contribution >= 0.6 is 15.9 Å². The van der Waals surface area contributed by atoms with Gasteiger partial charge in [-0.15, -0.1) is 0 Å². The van der Waals surface area contributed by atoms with E-state index in [2.05, 4.69) is 21.2 Å². The van der Waals surface area contributed by atoms with Crippen LogP contribution in [0.5, 0.6) is 0 Å². The van der Waals surface area contributed by atoms with Gasteiger partial charge in [0.25, 0.3) is 5.91 Å². The van der Waals surface area contributed by atoms with Crippen LogP contribution in [0, 0.1) is 24.1 Å². The molecule has 0 aliphatic rings. The summed E-state index contributed by atoms with van der Waals surface area (Å²) in [6.07, 6.45) is 3.44. The number of carbonyl (C=O) groups excluding carboxylic acids is 1. The number of hydrogen-bond acceptors (Lipinski definition) is 3. The average molecular weight is 388 g/mol. The van der Waals surface area contributed by atoms with Gasteiger partial charge in [0.2, 0.25) is 5.88 Å². The molecule has 0 saturated carbocycles. The number of nitrogens with zero attached hydrogens (tertiary/aromatic N) is 2. The van der Waals surface area contributed by atoms with E-state index in [1.807, 2.05) is 6.07 Å². The molecule has 1 amide bonds. The van der Waals surface area contributed by atoms with E-state index >= 15 is 0 Å². The van der Waals surface area contributed by atoms with E-state index in [4.69, 9.17) is 4.42 Å². The molecule has 2 aromatic heterocycles. The SMILES string of the molecule is Cc1oc(-n2cccc2)c(C#N)c1C(=O)Nc1ccc(F)cc1Br. The second-order valence-corrected chi connectivity index (χ2v) is 5.85. The molecule has 0 atom stereocenters. The number of halogens is 2. The topological polar surface area (TPSA) is 71.0 Å². The molecule has 3 aromatic rings. The lowest BCUT2D eigenvalue weighted by Gasteiger charge is -2.07. The summed E-state index contributed by atoms with van der Waals surface area (Å²) in [4.78, 5) is 12.6. The Morgan fingerprint density at radius 1 is 1.38 bits per heavy atom. The van der Waals surface area contributed by atoms with Gasteiger partial charge in [-0.05, 0) is 53.2 Å². The number of rotatable bonds is 3. The number of amides is 1. The van der Waals surface area contributed by atoms with E-state index in [0.717, 1.165) is 0 Å². The zero-order chi connectivity index (χ0) is 17.3. The highest BCUT2D eigenvalue weighted by Crippen LogP contribution is 2.28. The molecule has 0 radical (unpaired) electrons. The molecule has 1 N–H and O–H groups in total. The lowest BCUT2D eigenvalue weighted by atomic mass is 10.1. The maximum atomic E-state index is 13.1. The van der Waals surface area contributed by atoms with Crippen LogP contribution in [0.15, 0.2) is 51.6 Å². The van der Waals surface area contributed by atoms with Crippen molar-refractivity contribution in [3.8, 4) is 12.0 Å². The Balaban J connectivity index is 2.00. The molecule has 0 unspecified atom stereocenters. The summed E-state index contributed by atoms with van der Waals surface area (Å²) in [5, 5.41) is 12.1. The van der Waals surface area contributed by atoms with E-state index in [1.165, 1.54) is 18.2 Å². The molecule has 0 bridgehead atoms. The quantitative estimate of drug-likeness (QED) is 0.723. The predicted molar refractivity (Wildman–Crippen MR) is 89.5 cm³/mol. The number of hydrogen-bond donors (Lipinski definition) is 1. The molecule has 0 aliphatic heterocycles. The summed E-state index contributed by atoms with van der Waals surface area (Å²) in [5.74, 6) is -0.320. The zero-order valence-electron chi connectivity index (χ0n) is 12.5. The molecule has 1 aromatic carbocycles. The first-order valence-corrected chi connectivity index (χ1v) is 7.73. The molecular formula is C17H11BrFN3O2. The minimum Gasteiger partial charge on any atom is -0.443 e. The molecule has 7 heteroatoms. The van der Waals surface area contributed by atoms with Crippen LogP contribution in [0.3, 0.4) is 0 Å². The van der Waals surface area contributed by atoms with Crippen molar-refractivity contribution in [2.45, 2.75) is 6.92 Å². The van der Waals surface area contributed by atoms with Crippen LogP contribution in [-0.2, 0) is 0 Å². The lowest BCUT2D eigenvalue weighted by molar-refractivity contribution is 0.102. The van der Waals surface area contributed by atoms with Gasteiger partial charge in [0, 0.05) is 16.9 Å². The van der Waals surface area contributed by atoms with Crippen LogP contribution in [0.25, 0.3) is 5.88 Å². The van der Waals surface area contributed by atoms with Crippen LogP contribution in [0.4, 0.5) is 10.1 Å². The molecule has 0 fully saturated rings. The number of anilines is 1. The van der Waals surface area contributed by atoms with Crippen molar-refractivity contribution < 1.29 is 13.6 Å². The fourth-order valence-corrected chi connectivity index (χ4v) is 2.78. The van der Waals surface area contributed by atoms with Crippen LogP contribution in [-0.4, -0.2) is 10.5 Å². The molecule has 120 valence electrons. The minimum absolute atomic E-state index is 0.138. The van der Waals surface area contributed by atoms with Crippen LogP contribution in [0.1, 0.15) is 21.7 Å². The second-order valence-electron chi connectivity index (χ2n) is 4.99. The third kappa shape index (κ3) is 2.84. The first-order chi connectivity index (χ1) is 11.5.